The molecule has 3 rings (SSSR count). The molecular weight excluding hydrogens is 328 g/mol. The highest BCUT2D eigenvalue weighted by Crippen LogP contribution is 2.28. The number of rotatable bonds is 5. The SMILES string of the molecule is COc1cc(/C=C(\Cl)c2nnc(-c3ccccc3)o2)cc(OC)c1. The lowest BCUT2D eigenvalue weighted by Crippen LogP contribution is -1.88. The van der Waals surface area contributed by atoms with E-state index in [1.807, 2.05) is 42.5 Å². The van der Waals surface area contributed by atoms with Gasteiger partial charge in [0.1, 0.15) is 16.5 Å². The van der Waals surface area contributed by atoms with Gasteiger partial charge < -0.3 is 13.9 Å². The summed E-state index contributed by atoms with van der Waals surface area (Å²) < 4.78 is 16.1. The van der Waals surface area contributed by atoms with Crippen molar-refractivity contribution in [2.75, 3.05) is 14.2 Å². The van der Waals surface area contributed by atoms with Gasteiger partial charge in [-0.3, -0.25) is 0 Å². The van der Waals surface area contributed by atoms with Crippen molar-refractivity contribution in [2.45, 2.75) is 0 Å². The Labute approximate surface area is 144 Å². The first kappa shape index (κ1) is 16.1. The zero-order valence-corrected chi connectivity index (χ0v) is 13.9. The second-order valence-corrected chi connectivity index (χ2v) is 5.32. The molecule has 0 fully saturated rings. The van der Waals surface area contributed by atoms with Gasteiger partial charge in [0.2, 0.25) is 5.89 Å². The van der Waals surface area contributed by atoms with E-state index in [4.69, 9.17) is 25.5 Å². The van der Waals surface area contributed by atoms with Crippen molar-refractivity contribution >= 4 is 22.7 Å². The molecule has 24 heavy (non-hydrogen) atoms. The maximum Gasteiger partial charge on any atom is 0.259 e. The fraction of sp³-hybridized carbons (Fsp3) is 0.111. The number of halogens is 1. The van der Waals surface area contributed by atoms with E-state index in [-0.39, 0.29) is 5.89 Å². The quantitative estimate of drug-likeness (QED) is 0.683. The molecule has 0 aliphatic heterocycles. The van der Waals surface area contributed by atoms with Gasteiger partial charge in [0.15, 0.2) is 0 Å². The zero-order chi connectivity index (χ0) is 16.9. The Morgan fingerprint density at radius 3 is 2.29 bits per heavy atom. The van der Waals surface area contributed by atoms with Crippen LogP contribution in [0, 0.1) is 0 Å². The van der Waals surface area contributed by atoms with Crippen molar-refractivity contribution < 1.29 is 13.9 Å². The minimum atomic E-state index is 0.248. The Kier molecular flexibility index (Phi) is 4.82. The minimum Gasteiger partial charge on any atom is -0.497 e. The van der Waals surface area contributed by atoms with E-state index in [2.05, 4.69) is 10.2 Å². The van der Waals surface area contributed by atoms with Crippen LogP contribution in [-0.4, -0.2) is 24.4 Å². The van der Waals surface area contributed by atoms with Crippen LogP contribution in [0.2, 0.25) is 0 Å². The van der Waals surface area contributed by atoms with E-state index in [0.29, 0.717) is 22.4 Å². The van der Waals surface area contributed by atoms with Crippen molar-refractivity contribution in [1.29, 1.82) is 0 Å². The molecule has 0 amide bonds. The van der Waals surface area contributed by atoms with Crippen molar-refractivity contribution in [1.82, 2.24) is 10.2 Å². The molecule has 0 atom stereocenters. The van der Waals surface area contributed by atoms with Crippen LogP contribution < -0.4 is 9.47 Å². The molecule has 0 unspecified atom stereocenters. The third kappa shape index (κ3) is 3.58. The normalized spacial score (nSPS) is 11.4. The average Bonchev–Trinajstić information content (AvgIpc) is 3.12. The Bertz CT molecular complexity index is 837. The van der Waals surface area contributed by atoms with E-state index in [1.165, 1.54) is 0 Å². The first-order valence-electron chi connectivity index (χ1n) is 7.19. The molecule has 0 aliphatic carbocycles. The summed E-state index contributed by atoms with van der Waals surface area (Å²) in [6, 6.07) is 15.0. The van der Waals surface area contributed by atoms with Gasteiger partial charge >= 0.3 is 0 Å². The van der Waals surface area contributed by atoms with Gasteiger partial charge in [-0.05, 0) is 35.9 Å². The summed E-state index contributed by atoms with van der Waals surface area (Å²) in [5.41, 5.74) is 1.64. The van der Waals surface area contributed by atoms with E-state index >= 15 is 0 Å². The predicted molar refractivity (Wildman–Crippen MR) is 93.0 cm³/mol. The molecule has 1 heterocycles. The number of hydrogen-bond donors (Lipinski definition) is 0. The highest BCUT2D eigenvalue weighted by atomic mass is 35.5. The first-order chi connectivity index (χ1) is 11.7. The standard InChI is InChI=1S/C18H15ClN2O3/c1-22-14-8-12(9-15(11-14)23-2)10-16(19)18-21-20-17(24-18)13-6-4-3-5-7-13/h3-11H,1-2H3/b16-10-. The average molecular weight is 343 g/mol. The van der Waals surface area contributed by atoms with Crippen LogP contribution in [0.1, 0.15) is 11.5 Å². The summed E-state index contributed by atoms with van der Waals surface area (Å²) in [7, 11) is 3.18. The monoisotopic (exact) mass is 342 g/mol. The molecule has 3 aromatic rings. The third-order valence-corrected chi connectivity index (χ3v) is 3.59. The van der Waals surface area contributed by atoms with Crippen LogP contribution >= 0.6 is 11.6 Å². The lowest BCUT2D eigenvalue weighted by atomic mass is 10.2. The summed E-state index contributed by atoms with van der Waals surface area (Å²) in [4.78, 5) is 0. The van der Waals surface area contributed by atoms with Crippen LogP contribution in [0.5, 0.6) is 11.5 Å². The molecular formula is C18H15ClN2O3. The minimum absolute atomic E-state index is 0.248. The van der Waals surface area contributed by atoms with Crippen LogP contribution in [-0.2, 0) is 0 Å². The number of ether oxygens (including phenoxy) is 2. The number of nitrogens with zero attached hydrogens (tertiary/aromatic N) is 2. The van der Waals surface area contributed by atoms with Crippen molar-refractivity contribution in [3.63, 3.8) is 0 Å². The van der Waals surface area contributed by atoms with Crippen LogP contribution in [0.4, 0.5) is 0 Å². The Hall–Kier alpha value is -2.79. The lowest BCUT2D eigenvalue weighted by Gasteiger charge is -2.06. The summed E-state index contributed by atoms with van der Waals surface area (Å²) in [5, 5.41) is 8.35. The van der Waals surface area contributed by atoms with Gasteiger partial charge in [0.25, 0.3) is 5.89 Å². The summed E-state index contributed by atoms with van der Waals surface area (Å²) in [6.07, 6.45) is 1.72. The van der Waals surface area contributed by atoms with Gasteiger partial charge in [-0.2, -0.15) is 0 Å². The van der Waals surface area contributed by atoms with E-state index in [9.17, 15) is 0 Å². The van der Waals surface area contributed by atoms with Gasteiger partial charge in [-0.25, -0.2) is 0 Å². The molecule has 2 aromatic carbocycles. The van der Waals surface area contributed by atoms with Crippen molar-refractivity contribution in [2.24, 2.45) is 0 Å². The number of aromatic nitrogens is 2. The highest BCUT2D eigenvalue weighted by Gasteiger charge is 2.11. The number of hydrogen-bond acceptors (Lipinski definition) is 5. The molecule has 1 aromatic heterocycles. The van der Waals surface area contributed by atoms with Crippen molar-refractivity contribution in [3.8, 4) is 23.0 Å². The molecule has 0 spiro atoms. The number of methoxy groups -OCH3 is 2. The summed E-state index contributed by atoms with van der Waals surface area (Å²) in [6.45, 7) is 0. The third-order valence-electron chi connectivity index (χ3n) is 3.32. The van der Waals surface area contributed by atoms with Crippen LogP contribution in [0.15, 0.2) is 52.9 Å². The van der Waals surface area contributed by atoms with E-state index < -0.39 is 0 Å². The predicted octanol–water partition coefficient (Wildman–Crippen LogP) is 4.49. The zero-order valence-electron chi connectivity index (χ0n) is 13.2. The second-order valence-electron chi connectivity index (χ2n) is 4.92. The molecule has 0 N–H and O–H groups in total. The van der Waals surface area contributed by atoms with Gasteiger partial charge in [-0.15, -0.1) is 10.2 Å². The van der Waals surface area contributed by atoms with Gasteiger partial charge in [-0.1, -0.05) is 29.8 Å². The fourth-order valence-electron chi connectivity index (χ4n) is 2.14. The van der Waals surface area contributed by atoms with E-state index in [0.717, 1.165) is 11.1 Å². The molecule has 0 radical (unpaired) electrons. The number of benzene rings is 2. The molecule has 0 aliphatic rings. The maximum atomic E-state index is 6.32. The van der Waals surface area contributed by atoms with Crippen LogP contribution in [0.25, 0.3) is 22.6 Å². The summed E-state index contributed by atoms with van der Waals surface area (Å²) in [5.74, 6) is 2.00. The molecule has 0 saturated carbocycles. The second kappa shape index (κ2) is 7.19. The summed E-state index contributed by atoms with van der Waals surface area (Å²) >= 11 is 6.32. The molecule has 6 heteroatoms. The van der Waals surface area contributed by atoms with Gasteiger partial charge in [0, 0.05) is 11.6 Å². The molecule has 0 saturated heterocycles. The highest BCUT2D eigenvalue weighted by molar-refractivity contribution is 6.50. The van der Waals surface area contributed by atoms with Gasteiger partial charge in [0.05, 0.1) is 14.2 Å². The topological polar surface area (TPSA) is 57.4 Å². The molecule has 5 nitrogen and oxygen atoms in total. The molecule has 122 valence electrons. The largest absolute Gasteiger partial charge is 0.497 e. The Morgan fingerprint density at radius 2 is 1.67 bits per heavy atom. The maximum absolute atomic E-state index is 6.32. The Balaban J connectivity index is 1.90. The van der Waals surface area contributed by atoms with E-state index in [1.54, 1.807) is 26.4 Å². The van der Waals surface area contributed by atoms with Crippen molar-refractivity contribution in [3.05, 3.63) is 60.0 Å². The lowest BCUT2D eigenvalue weighted by molar-refractivity contribution is 0.394. The molecule has 0 bridgehead atoms. The van der Waals surface area contributed by atoms with Crippen LogP contribution in [0.3, 0.4) is 0 Å². The Morgan fingerprint density at radius 1 is 1.00 bits per heavy atom. The first-order valence-corrected chi connectivity index (χ1v) is 7.57. The smallest absolute Gasteiger partial charge is 0.259 e. The fourth-order valence-corrected chi connectivity index (χ4v) is 2.34.